The van der Waals surface area contributed by atoms with Crippen molar-refractivity contribution < 1.29 is 4.39 Å². The highest BCUT2D eigenvalue weighted by molar-refractivity contribution is 5.17. The fraction of sp³-hybridized carbons (Fsp3) is 0.500. The van der Waals surface area contributed by atoms with Crippen LogP contribution < -0.4 is 11.3 Å². The molecule has 3 heteroatoms. The Morgan fingerprint density at radius 2 is 1.93 bits per heavy atom. The van der Waals surface area contributed by atoms with Crippen molar-refractivity contribution in [3.8, 4) is 0 Å². The monoisotopic (exact) mass is 210 g/mol. The largest absolute Gasteiger partial charge is 0.271 e. The van der Waals surface area contributed by atoms with Gasteiger partial charge in [-0.2, -0.15) is 0 Å². The third-order valence-electron chi connectivity index (χ3n) is 2.91. The van der Waals surface area contributed by atoms with Crippen LogP contribution in [-0.2, 0) is 6.42 Å². The van der Waals surface area contributed by atoms with Crippen LogP contribution in [0.25, 0.3) is 0 Å². The number of hydrogen-bond donors (Lipinski definition) is 2. The first kappa shape index (κ1) is 12.1. The van der Waals surface area contributed by atoms with Crippen LogP contribution >= 0.6 is 0 Å². The van der Waals surface area contributed by atoms with Gasteiger partial charge in [-0.15, -0.1) is 0 Å². The summed E-state index contributed by atoms with van der Waals surface area (Å²) in [7, 11) is 0. The van der Waals surface area contributed by atoms with Crippen molar-refractivity contribution in [2.75, 3.05) is 0 Å². The summed E-state index contributed by atoms with van der Waals surface area (Å²) in [6.45, 7) is 4.30. The highest BCUT2D eigenvalue weighted by Crippen LogP contribution is 2.13. The van der Waals surface area contributed by atoms with Gasteiger partial charge < -0.3 is 0 Å². The van der Waals surface area contributed by atoms with Crippen LogP contribution in [0.15, 0.2) is 24.3 Å². The Bertz CT molecular complexity index is 284. The topological polar surface area (TPSA) is 38.0 Å². The maximum absolute atomic E-state index is 12.7. The Labute approximate surface area is 90.6 Å². The van der Waals surface area contributed by atoms with Gasteiger partial charge in [0, 0.05) is 6.04 Å². The van der Waals surface area contributed by atoms with E-state index in [0.29, 0.717) is 5.92 Å². The predicted molar refractivity (Wildman–Crippen MR) is 60.7 cm³/mol. The molecule has 0 aliphatic carbocycles. The van der Waals surface area contributed by atoms with Crippen molar-refractivity contribution in [3.05, 3.63) is 35.6 Å². The van der Waals surface area contributed by atoms with Gasteiger partial charge >= 0.3 is 0 Å². The zero-order valence-corrected chi connectivity index (χ0v) is 9.33. The number of hydrazine groups is 1. The Kier molecular flexibility index (Phi) is 4.72. The van der Waals surface area contributed by atoms with Gasteiger partial charge in [0.2, 0.25) is 0 Å². The maximum Gasteiger partial charge on any atom is 0.123 e. The van der Waals surface area contributed by atoms with Crippen molar-refractivity contribution in [1.82, 2.24) is 5.43 Å². The molecule has 0 aliphatic rings. The molecular weight excluding hydrogens is 191 g/mol. The molecule has 1 aromatic rings. The summed E-state index contributed by atoms with van der Waals surface area (Å²) in [6, 6.07) is 6.84. The molecule has 3 N–H and O–H groups in total. The molecule has 1 rings (SSSR count). The second-order valence-electron chi connectivity index (χ2n) is 3.99. The number of benzene rings is 1. The lowest BCUT2D eigenvalue weighted by Crippen LogP contribution is -2.41. The summed E-state index contributed by atoms with van der Waals surface area (Å²) < 4.78 is 12.7. The fourth-order valence-electron chi connectivity index (χ4n) is 1.58. The lowest BCUT2D eigenvalue weighted by molar-refractivity contribution is 0.370. The van der Waals surface area contributed by atoms with Gasteiger partial charge in [-0.25, -0.2) is 4.39 Å². The summed E-state index contributed by atoms with van der Waals surface area (Å²) in [4.78, 5) is 0. The quantitative estimate of drug-likeness (QED) is 0.578. The minimum absolute atomic E-state index is 0.195. The molecule has 0 bridgehead atoms. The van der Waals surface area contributed by atoms with Crippen molar-refractivity contribution >= 4 is 0 Å². The molecule has 0 saturated heterocycles. The van der Waals surface area contributed by atoms with Crippen LogP contribution in [0.4, 0.5) is 4.39 Å². The third kappa shape index (κ3) is 3.61. The van der Waals surface area contributed by atoms with Crippen LogP contribution in [0.1, 0.15) is 25.8 Å². The summed E-state index contributed by atoms with van der Waals surface area (Å²) in [5, 5.41) is 0. The molecule has 0 heterocycles. The molecule has 84 valence electrons. The lowest BCUT2D eigenvalue weighted by atomic mass is 9.93. The summed E-state index contributed by atoms with van der Waals surface area (Å²) in [5.74, 6) is 5.82. The highest BCUT2D eigenvalue weighted by Gasteiger charge is 2.14. The highest BCUT2D eigenvalue weighted by atomic mass is 19.1. The van der Waals surface area contributed by atoms with E-state index in [1.54, 1.807) is 0 Å². The Morgan fingerprint density at radius 1 is 1.33 bits per heavy atom. The molecule has 0 spiro atoms. The summed E-state index contributed by atoms with van der Waals surface area (Å²) in [5.41, 5.74) is 3.93. The average molecular weight is 210 g/mol. The minimum Gasteiger partial charge on any atom is -0.271 e. The molecule has 0 aromatic heterocycles. The summed E-state index contributed by atoms with van der Waals surface area (Å²) in [6.07, 6.45) is 1.92. The van der Waals surface area contributed by atoms with E-state index in [0.717, 1.165) is 18.4 Å². The Morgan fingerprint density at radius 3 is 2.40 bits per heavy atom. The second-order valence-corrected chi connectivity index (χ2v) is 3.99. The Hall–Kier alpha value is -0.930. The SMILES string of the molecule is CCC(C)C(Cc1ccc(F)cc1)NN. The molecule has 0 fully saturated rings. The number of rotatable bonds is 5. The van der Waals surface area contributed by atoms with Crippen molar-refractivity contribution in [1.29, 1.82) is 0 Å². The molecule has 2 unspecified atom stereocenters. The molecule has 0 amide bonds. The number of nitrogens with one attached hydrogen (secondary N) is 1. The molecule has 0 radical (unpaired) electrons. The zero-order valence-electron chi connectivity index (χ0n) is 9.33. The molecule has 15 heavy (non-hydrogen) atoms. The van der Waals surface area contributed by atoms with E-state index < -0.39 is 0 Å². The molecule has 0 aliphatic heterocycles. The first-order valence-corrected chi connectivity index (χ1v) is 5.38. The second kappa shape index (κ2) is 5.83. The minimum atomic E-state index is -0.195. The van der Waals surface area contributed by atoms with Gasteiger partial charge in [0.15, 0.2) is 0 Å². The van der Waals surface area contributed by atoms with Gasteiger partial charge in [0.1, 0.15) is 5.82 Å². The van der Waals surface area contributed by atoms with Crippen molar-refractivity contribution in [2.24, 2.45) is 11.8 Å². The van der Waals surface area contributed by atoms with Crippen LogP contribution in [-0.4, -0.2) is 6.04 Å². The number of hydrogen-bond acceptors (Lipinski definition) is 2. The van der Waals surface area contributed by atoms with Gasteiger partial charge in [0.05, 0.1) is 0 Å². The average Bonchev–Trinajstić information content (AvgIpc) is 2.27. The molecule has 2 atom stereocenters. The van der Waals surface area contributed by atoms with E-state index in [4.69, 9.17) is 5.84 Å². The van der Waals surface area contributed by atoms with Gasteiger partial charge in [-0.05, 0) is 30.0 Å². The van der Waals surface area contributed by atoms with E-state index in [-0.39, 0.29) is 11.9 Å². The van der Waals surface area contributed by atoms with Crippen LogP contribution in [0.3, 0.4) is 0 Å². The number of halogens is 1. The van der Waals surface area contributed by atoms with E-state index in [1.165, 1.54) is 12.1 Å². The fourth-order valence-corrected chi connectivity index (χ4v) is 1.58. The zero-order chi connectivity index (χ0) is 11.3. The number of nitrogens with two attached hydrogens (primary N) is 1. The van der Waals surface area contributed by atoms with E-state index >= 15 is 0 Å². The third-order valence-corrected chi connectivity index (χ3v) is 2.91. The van der Waals surface area contributed by atoms with E-state index in [9.17, 15) is 4.39 Å². The first-order chi connectivity index (χ1) is 7.17. The van der Waals surface area contributed by atoms with Crippen molar-refractivity contribution in [3.63, 3.8) is 0 Å². The van der Waals surface area contributed by atoms with Crippen LogP contribution in [0.5, 0.6) is 0 Å². The Balaban J connectivity index is 2.62. The van der Waals surface area contributed by atoms with Gasteiger partial charge in [-0.3, -0.25) is 11.3 Å². The standard InChI is InChI=1S/C12H19FN2/c1-3-9(2)12(15-14)8-10-4-6-11(13)7-5-10/h4-7,9,12,15H,3,8,14H2,1-2H3. The maximum atomic E-state index is 12.7. The van der Waals surface area contributed by atoms with Crippen LogP contribution in [0.2, 0.25) is 0 Å². The van der Waals surface area contributed by atoms with Gasteiger partial charge in [0.25, 0.3) is 0 Å². The molecule has 1 aromatic carbocycles. The lowest BCUT2D eigenvalue weighted by Gasteiger charge is -2.22. The van der Waals surface area contributed by atoms with Crippen LogP contribution in [0, 0.1) is 11.7 Å². The molecular formula is C12H19FN2. The van der Waals surface area contributed by atoms with Crippen molar-refractivity contribution in [2.45, 2.75) is 32.7 Å². The van der Waals surface area contributed by atoms with E-state index in [1.807, 2.05) is 12.1 Å². The first-order valence-electron chi connectivity index (χ1n) is 5.38. The normalized spacial score (nSPS) is 14.9. The molecule has 0 saturated carbocycles. The predicted octanol–water partition coefficient (Wildman–Crippen LogP) is 2.25. The molecule has 2 nitrogen and oxygen atoms in total. The summed E-state index contributed by atoms with van der Waals surface area (Å²) >= 11 is 0. The smallest absolute Gasteiger partial charge is 0.123 e. The van der Waals surface area contributed by atoms with Gasteiger partial charge in [-0.1, -0.05) is 32.4 Å². The van der Waals surface area contributed by atoms with E-state index in [2.05, 4.69) is 19.3 Å².